The Morgan fingerprint density at radius 2 is 1.56 bits per heavy atom. The first-order valence-electron chi connectivity index (χ1n) is 4.22. The molecule has 9 heteroatoms. The lowest BCUT2D eigenvalue weighted by atomic mass is 10.4. The second-order valence-corrected chi connectivity index (χ2v) is 3.96. The lowest BCUT2D eigenvalue weighted by molar-refractivity contribution is -0.112. The Morgan fingerprint density at radius 3 is 1.75 bits per heavy atom. The maximum absolute atomic E-state index is 12.8. The molecule has 0 N–H and O–H groups in total. The molecule has 0 bridgehead atoms. The highest BCUT2D eigenvalue weighted by atomic mass is 32.3. The molecule has 0 saturated heterocycles. The van der Waals surface area contributed by atoms with E-state index in [0.717, 1.165) is 0 Å². The minimum absolute atomic E-state index is 0.297. The molecule has 0 radical (unpaired) electrons. The minimum atomic E-state index is -6.00. The predicted octanol–water partition coefficient (Wildman–Crippen LogP) is 2.33. The maximum Gasteiger partial charge on any atom is 0.434 e. The fourth-order valence-electron chi connectivity index (χ4n) is 1.07. The number of rotatable bonds is 4. The van der Waals surface area contributed by atoms with Gasteiger partial charge in [0.05, 0.1) is 0 Å². The van der Waals surface area contributed by atoms with Crippen LogP contribution < -0.4 is 0 Å². The molecular formula is C7H10F5NO2S. The average molecular weight is 267 g/mol. The Balaban J connectivity index is 5.79. The van der Waals surface area contributed by atoms with Crippen molar-refractivity contribution in [2.24, 2.45) is 0 Å². The van der Waals surface area contributed by atoms with Gasteiger partial charge in [-0.05, 0) is 13.8 Å². The van der Waals surface area contributed by atoms with Crippen LogP contribution in [0.15, 0.2) is 10.9 Å². The summed E-state index contributed by atoms with van der Waals surface area (Å²) in [5, 5.41) is -2.80. The molecule has 0 aromatic heterocycles. The minimum Gasteiger partial charge on any atom is -0.365 e. The lowest BCUT2D eigenvalue weighted by Crippen LogP contribution is -2.33. The zero-order valence-corrected chi connectivity index (χ0v) is 9.29. The standard InChI is InChI=1S/C7H10F5NO2S/c1-3-13(4-2)5(7(9,10)11)6(8)16(12,14)15/h3-4H2,1-2H3/b6-5+. The Kier molecular flexibility index (Phi) is 4.71. The van der Waals surface area contributed by atoms with Gasteiger partial charge in [-0.3, -0.25) is 0 Å². The van der Waals surface area contributed by atoms with Gasteiger partial charge in [0, 0.05) is 13.1 Å². The molecule has 0 unspecified atom stereocenters. The predicted molar refractivity (Wildman–Crippen MR) is 47.1 cm³/mol. The van der Waals surface area contributed by atoms with Gasteiger partial charge in [0.2, 0.25) is 0 Å². The van der Waals surface area contributed by atoms with Gasteiger partial charge in [-0.1, -0.05) is 3.89 Å². The Labute approximate surface area is 89.7 Å². The van der Waals surface area contributed by atoms with Gasteiger partial charge in [0.25, 0.3) is 5.16 Å². The monoisotopic (exact) mass is 267 g/mol. The van der Waals surface area contributed by atoms with E-state index in [9.17, 15) is 29.9 Å². The molecule has 0 aliphatic rings. The third kappa shape index (κ3) is 3.62. The third-order valence-corrected chi connectivity index (χ3v) is 2.37. The van der Waals surface area contributed by atoms with Crippen molar-refractivity contribution in [1.82, 2.24) is 4.90 Å². The van der Waals surface area contributed by atoms with Crippen molar-refractivity contribution in [2.45, 2.75) is 20.0 Å². The van der Waals surface area contributed by atoms with E-state index in [1.54, 1.807) is 0 Å². The Hall–Kier alpha value is -0.860. The van der Waals surface area contributed by atoms with Crippen LogP contribution in [0, 0.1) is 0 Å². The second-order valence-electron chi connectivity index (χ2n) is 2.73. The van der Waals surface area contributed by atoms with E-state index in [4.69, 9.17) is 0 Å². The van der Waals surface area contributed by atoms with Gasteiger partial charge in [0.1, 0.15) is 0 Å². The summed E-state index contributed by atoms with van der Waals surface area (Å²) in [5.41, 5.74) is -2.11. The van der Waals surface area contributed by atoms with Crippen LogP contribution in [-0.2, 0) is 10.2 Å². The van der Waals surface area contributed by atoms with E-state index in [1.807, 2.05) is 0 Å². The van der Waals surface area contributed by atoms with Crippen molar-refractivity contribution in [2.75, 3.05) is 13.1 Å². The average Bonchev–Trinajstić information content (AvgIpc) is 2.09. The van der Waals surface area contributed by atoms with Crippen LogP contribution in [0.1, 0.15) is 13.8 Å². The smallest absolute Gasteiger partial charge is 0.365 e. The van der Waals surface area contributed by atoms with Gasteiger partial charge in [-0.25, -0.2) is 0 Å². The summed E-state index contributed by atoms with van der Waals surface area (Å²) in [6.07, 6.45) is -5.27. The summed E-state index contributed by atoms with van der Waals surface area (Å²) in [6.45, 7) is 1.92. The van der Waals surface area contributed by atoms with Crippen LogP contribution in [0.4, 0.5) is 21.4 Å². The number of hydrogen-bond acceptors (Lipinski definition) is 3. The van der Waals surface area contributed by atoms with Crippen LogP contribution in [0.2, 0.25) is 0 Å². The van der Waals surface area contributed by atoms with Crippen LogP contribution in [-0.4, -0.2) is 32.6 Å². The Morgan fingerprint density at radius 1 is 1.19 bits per heavy atom. The molecule has 0 heterocycles. The SMILES string of the molecule is CCN(CC)/C(=C(\F)S(=O)(=O)F)C(F)(F)F. The highest BCUT2D eigenvalue weighted by molar-refractivity contribution is 7.90. The molecule has 0 saturated carbocycles. The molecule has 0 atom stereocenters. The van der Waals surface area contributed by atoms with Gasteiger partial charge in [-0.15, -0.1) is 0 Å². The van der Waals surface area contributed by atoms with Gasteiger partial charge < -0.3 is 4.90 Å². The molecule has 3 nitrogen and oxygen atoms in total. The normalized spacial score (nSPS) is 14.7. The molecule has 0 aromatic carbocycles. The summed E-state index contributed by atoms with van der Waals surface area (Å²) >= 11 is 0. The molecule has 0 rings (SSSR count). The molecular weight excluding hydrogens is 257 g/mol. The second kappa shape index (κ2) is 4.98. The molecule has 96 valence electrons. The van der Waals surface area contributed by atoms with Crippen molar-refractivity contribution < 1.29 is 29.9 Å². The molecule has 0 spiro atoms. The zero-order chi connectivity index (χ0) is 13.1. The van der Waals surface area contributed by atoms with Crippen LogP contribution in [0.5, 0.6) is 0 Å². The van der Waals surface area contributed by atoms with E-state index < -0.39 is 27.3 Å². The highest BCUT2D eigenvalue weighted by Gasteiger charge is 2.43. The van der Waals surface area contributed by atoms with Crippen molar-refractivity contribution >= 4 is 10.2 Å². The highest BCUT2D eigenvalue weighted by Crippen LogP contribution is 2.33. The van der Waals surface area contributed by atoms with Crippen LogP contribution >= 0.6 is 0 Å². The molecule has 0 aromatic rings. The molecule has 0 fully saturated rings. The zero-order valence-electron chi connectivity index (χ0n) is 8.48. The quantitative estimate of drug-likeness (QED) is 0.579. The Bertz CT molecular complexity index is 369. The van der Waals surface area contributed by atoms with Gasteiger partial charge in [0.15, 0.2) is 5.70 Å². The maximum atomic E-state index is 12.8. The number of nitrogens with zero attached hydrogens (tertiary/aromatic N) is 1. The van der Waals surface area contributed by atoms with Crippen LogP contribution in [0.3, 0.4) is 0 Å². The summed E-state index contributed by atoms with van der Waals surface area (Å²) in [5.74, 6) is 0. The van der Waals surface area contributed by atoms with Crippen molar-refractivity contribution in [3.05, 3.63) is 10.9 Å². The van der Waals surface area contributed by atoms with Crippen molar-refractivity contribution in [3.8, 4) is 0 Å². The molecule has 0 amide bonds. The van der Waals surface area contributed by atoms with E-state index in [-0.39, 0.29) is 13.1 Å². The van der Waals surface area contributed by atoms with E-state index in [2.05, 4.69) is 0 Å². The third-order valence-electron chi connectivity index (χ3n) is 1.75. The van der Waals surface area contributed by atoms with E-state index in [1.165, 1.54) is 13.8 Å². The fourth-order valence-corrected chi connectivity index (χ4v) is 1.55. The first-order chi connectivity index (χ1) is 7.05. The van der Waals surface area contributed by atoms with Crippen molar-refractivity contribution in [1.29, 1.82) is 0 Å². The number of hydrogen-bond donors (Lipinski definition) is 0. The largest absolute Gasteiger partial charge is 0.434 e. The fraction of sp³-hybridized carbons (Fsp3) is 0.714. The molecule has 0 aliphatic heterocycles. The van der Waals surface area contributed by atoms with Gasteiger partial charge in [-0.2, -0.15) is 26.0 Å². The topological polar surface area (TPSA) is 37.4 Å². The lowest BCUT2D eigenvalue weighted by Gasteiger charge is -2.25. The van der Waals surface area contributed by atoms with Crippen LogP contribution in [0.25, 0.3) is 0 Å². The van der Waals surface area contributed by atoms with E-state index >= 15 is 0 Å². The number of halogens is 5. The summed E-state index contributed by atoms with van der Waals surface area (Å²) in [6, 6.07) is 0. The molecule has 16 heavy (non-hydrogen) atoms. The number of allylic oxidation sites excluding steroid dienone is 1. The van der Waals surface area contributed by atoms with Gasteiger partial charge >= 0.3 is 16.4 Å². The van der Waals surface area contributed by atoms with E-state index in [0.29, 0.717) is 4.90 Å². The van der Waals surface area contributed by atoms with Crippen molar-refractivity contribution in [3.63, 3.8) is 0 Å². The summed E-state index contributed by atoms with van der Waals surface area (Å²) in [7, 11) is -6.00. The molecule has 0 aliphatic carbocycles. The first kappa shape index (κ1) is 15.1. The summed E-state index contributed by atoms with van der Waals surface area (Å²) < 4.78 is 82.4. The number of alkyl halides is 3. The summed E-state index contributed by atoms with van der Waals surface area (Å²) in [4.78, 5) is 0.381. The first-order valence-corrected chi connectivity index (χ1v) is 5.60.